The summed E-state index contributed by atoms with van der Waals surface area (Å²) in [5.41, 5.74) is 1.04. The van der Waals surface area contributed by atoms with Gasteiger partial charge in [0.15, 0.2) is 0 Å². The van der Waals surface area contributed by atoms with Gasteiger partial charge in [0.05, 0.1) is 11.0 Å². The SMILES string of the molecule is Cc1ccc(S(=O)(=O)OC2CCC(C)C2)cc1. The van der Waals surface area contributed by atoms with Crippen molar-refractivity contribution in [2.75, 3.05) is 0 Å². The van der Waals surface area contributed by atoms with E-state index < -0.39 is 10.1 Å². The smallest absolute Gasteiger partial charge is 0.263 e. The lowest BCUT2D eigenvalue weighted by molar-refractivity contribution is 0.213. The summed E-state index contributed by atoms with van der Waals surface area (Å²) in [4.78, 5) is 0.252. The Hall–Kier alpha value is -0.870. The van der Waals surface area contributed by atoms with Gasteiger partial charge in [0.25, 0.3) is 10.1 Å². The minimum atomic E-state index is -3.58. The summed E-state index contributed by atoms with van der Waals surface area (Å²) in [6.07, 6.45) is 2.59. The molecule has 0 spiro atoms. The van der Waals surface area contributed by atoms with E-state index >= 15 is 0 Å². The van der Waals surface area contributed by atoms with Gasteiger partial charge in [-0.15, -0.1) is 0 Å². The molecule has 0 saturated heterocycles. The third kappa shape index (κ3) is 3.07. The van der Waals surface area contributed by atoms with Crippen LogP contribution in [0, 0.1) is 12.8 Å². The number of hydrogen-bond donors (Lipinski definition) is 0. The third-order valence-electron chi connectivity index (χ3n) is 3.22. The van der Waals surface area contributed by atoms with Crippen LogP contribution in [0.1, 0.15) is 31.7 Å². The summed E-state index contributed by atoms with van der Waals surface area (Å²) in [7, 11) is -3.58. The van der Waals surface area contributed by atoms with E-state index in [9.17, 15) is 8.42 Å². The maximum absolute atomic E-state index is 12.0. The Kier molecular flexibility index (Phi) is 3.54. The molecule has 0 amide bonds. The van der Waals surface area contributed by atoms with Crippen LogP contribution in [0.25, 0.3) is 0 Å². The first-order valence-electron chi connectivity index (χ1n) is 5.97. The first-order chi connectivity index (χ1) is 7.97. The summed E-state index contributed by atoms with van der Waals surface area (Å²) < 4.78 is 29.2. The molecule has 1 aliphatic carbocycles. The van der Waals surface area contributed by atoms with Gasteiger partial charge >= 0.3 is 0 Å². The summed E-state index contributed by atoms with van der Waals surface area (Å²) in [6.45, 7) is 4.05. The Morgan fingerprint density at radius 2 is 1.82 bits per heavy atom. The van der Waals surface area contributed by atoms with Gasteiger partial charge in [-0.05, 0) is 44.2 Å². The number of hydrogen-bond acceptors (Lipinski definition) is 3. The van der Waals surface area contributed by atoms with Crippen molar-refractivity contribution in [3.8, 4) is 0 Å². The molecule has 3 nitrogen and oxygen atoms in total. The topological polar surface area (TPSA) is 43.4 Å². The second kappa shape index (κ2) is 4.78. The molecule has 2 unspecified atom stereocenters. The molecule has 94 valence electrons. The van der Waals surface area contributed by atoms with Gasteiger partial charge in [0, 0.05) is 0 Å². The molecule has 0 radical (unpaired) electrons. The zero-order valence-electron chi connectivity index (χ0n) is 10.2. The summed E-state index contributed by atoms with van der Waals surface area (Å²) in [6, 6.07) is 6.77. The maximum atomic E-state index is 12.0. The highest BCUT2D eigenvalue weighted by Crippen LogP contribution is 2.29. The molecule has 0 N–H and O–H groups in total. The Morgan fingerprint density at radius 3 is 2.35 bits per heavy atom. The van der Waals surface area contributed by atoms with Gasteiger partial charge in [0.1, 0.15) is 0 Å². The monoisotopic (exact) mass is 254 g/mol. The predicted molar refractivity (Wildman–Crippen MR) is 66.3 cm³/mol. The fourth-order valence-corrected chi connectivity index (χ4v) is 3.30. The molecular weight excluding hydrogens is 236 g/mol. The fourth-order valence-electron chi connectivity index (χ4n) is 2.18. The molecule has 1 aromatic carbocycles. The van der Waals surface area contributed by atoms with Crippen molar-refractivity contribution < 1.29 is 12.6 Å². The molecular formula is C13H18O3S. The average molecular weight is 254 g/mol. The number of aryl methyl sites for hydroxylation is 1. The molecule has 2 rings (SSSR count). The van der Waals surface area contributed by atoms with Crippen molar-refractivity contribution >= 4 is 10.1 Å². The second-order valence-electron chi connectivity index (χ2n) is 4.90. The van der Waals surface area contributed by atoms with Crippen molar-refractivity contribution in [2.24, 2.45) is 5.92 Å². The first kappa shape index (κ1) is 12.6. The van der Waals surface area contributed by atoms with Crippen LogP contribution in [0.4, 0.5) is 0 Å². The van der Waals surface area contributed by atoms with Crippen LogP contribution >= 0.6 is 0 Å². The molecule has 0 aromatic heterocycles. The Labute approximate surface area is 103 Å². The minimum absolute atomic E-state index is 0.142. The third-order valence-corrected chi connectivity index (χ3v) is 4.59. The maximum Gasteiger partial charge on any atom is 0.297 e. The normalized spacial score (nSPS) is 25.1. The lowest BCUT2D eigenvalue weighted by Gasteiger charge is -2.11. The lowest BCUT2D eigenvalue weighted by Crippen LogP contribution is -2.15. The van der Waals surface area contributed by atoms with Crippen molar-refractivity contribution in [2.45, 2.75) is 44.1 Å². The van der Waals surface area contributed by atoms with Crippen LogP contribution in [-0.2, 0) is 14.3 Å². The van der Waals surface area contributed by atoms with Crippen LogP contribution in [-0.4, -0.2) is 14.5 Å². The van der Waals surface area contributed by atoms with Crippen LogP contribution in [0.3, 0.4) is 0 Å². The van der Waals surface area contributed by atoms with Crippen molar-refractivity contribution in [3.05, 3.63) is 29.8 Å². The van der Waals surface area contributed by atoms with Gasteiger partial charge in [0.2, 0.25) is 0 Å². The standard InChI is InChI=1S/C13H18O3S/c1-10-4-7-13(8-5-10)17(14,15)16-12-6-3-11(2)9-12/h4-5,7-8,11-12H,3,6,9H2,1-2H3. The zero-order valence-corrected chi connectivity index (χ0v) is 11.0. The van der Waals surface area contributed by atoms with Crippen molar-refractivity contribution in [1.82, 2.24) is 0 Å². The van der Waals surface area contributed by atoms with E-state index in [1.165, 1.54) is 0 Å². The molecule has 0 heterocycles. The van der Waals surface area contributed by atoms with E-state index in [-0.39, 0.29) is 11.0 Å². The fraction of sp³-hybridized carbons (Fsp3) is 0.538. The summed E-state index contributed by atoms with van der Waals surface area (Å²) in [5.74, 6) is 0.563. The molecule has 1 aliphatic rings. The molecule has 0 bridgehead atoms. The highest BCUT2D eigenvalue weighted by molar-refractivity contribution is 7.86. The minimum Gasteiger partial charge on any atom is -0.263 e. The van der Waals surface area contributed by atoms with Crippen molar-refractivity contribution in [1.29, 1.82) is 0 Å². The quantitative estimate of drug-likeness (QED) is 0.779. The van der Waals surface area contributed by atoms with Gasteiger partial charge in [-0.1, -0.05) is 24.6 Å². The van der Waals surface area contributed by atoms with Gasteiger partial charge < -0.3 is 0 Å². The van der Waals surface area contributed by atoms with E-state index in [1.54, 1.807) is 24.3 Å². The predicted octanol–water partition coefficient (Wildman–Crippen LogP) is 2.89. The molecule has 17 heavy (non-hydrogen) atoms. The number of benzene rings is 1. The van der Waals surface area contributed by atoms with E-state index in [2.05, 4.69) is 6.92 Å². The Morgan fingerprint density at radius 1 is 1.18 bits per heavy atom. The molecule has 2 atom stereocenters. The van der Waals surface area contributed by atoms with Gasteiger partial charge in [-0.3, -0.25) is 4.18 Å². The first-order valence-corrected chi connectivity index (χ1v) is 7.38. The largest absolute Gasteiger partial charge is 0.297 e. The second-order valence-corrected chi connectivity index (χ2v) is 6.48. The summed E-state index contributed by atoms with van der Waals surface area (Å²) in [5, 5.41) is 0. The van der Waals surface area contributed by atoms with Crippen molar-refractivity contribution in [3.63, 3.8) is 0 Å². The van der Waals surface area contributed by atoms with Crippen LogP contribution in [0.15, 0.2) is 29.2 Å². The average Bonchev–Trinajstić information content (AvgIpc) is 2.63. The van der Waals surface area contributed by atoms with Gasteiger partial charge in [-0.2, -0.15) is 8.42 Å². The van der Waals surface area contributed by atoms with Crippen LogP contribution in [0.5, 0.6) is 0 Å². The van der Waals surface area contributed by atoms with Crippen LogP contribution in [0.2, 0.25) is 0 Å². The van der Waals surface area contributed by atoms with Gasteiger partial charge in [-0.25, -0.2) is 0 Å². The Bertz CT molecular complexity index is 476. The zero-order chi connectivity index (χ0) is 12.5. The summed E-state index contributed by atoms with van der Waals surface area (Å²) >= 11 is 0. The molecule has 0 aliphatic heterocycles. The molecule has 1 fully saturated rings. The van der Waals surface area contributed by atoms with E-state index in [0.29, 0.717) is 5.92 Å². The van der Waals surface area contributed by atoms with E-state index in [4.69, 9.17) is 4.18 Å². The Balaban J connectivity index is 2.11. The molecule has 1 saturated carbocycles. The van der Waals surface area contributed by atoms with Crippen LogP contribution < -0.4 is 0 Å². The van der Waals surface area contributed by atoms with E-state index in [0.717, 1.165) is 24.8 Å². The lowest BCUT2D eigenvalue weighted by atomic mass is 10.1. The highest BCUT2D eigenvalue weighted by atomic mass is 32.2. The van der Waals surface area contributed by atoms with E-state index in [1.807, 2.05) is 6.92 Å². The number of rotatable bonds is 3. The highest BCUT2D eigenvalue weighted by Gasteiger charge is 2.27. The molecule has 1 aromatic rings. The molecule has 4 heteroatoms.